The van der Waals surface area contributed by atoms with Gasteiger partial charge >= 0.3 is 0 Å². The summed E-state index contributed by atoms with van der Waals surface area (Å²) in [4.78, 5) is 13.8. The molecule has 1 aliphatic heterocycles. The van der Waals surface area contributed by atoms with E-state index in [1.54, 1.807) is 0 Å². The van der Waals surface area contributed by atoms with Gasteiger partial charge in [0.15, 0.2) is 0 Å². The summed E-state index contributed by atoms with van der Waals surface area (Å²) in [5, 5.41) is 3.70. The second kappa shape index (κ2) is 6.08. The molecule has 1 N–H and O–H groups in total. The molecule has 1 amide bonds. The Labute approximate surface area is 127 Å². The Balaban J connectivity index is 1.72. The molecule has 3 nitrogen and oxygen atoms in total. The molecule has 1 aromatic rings. The highest BCUT2D eigenvalue weighted by atomic mass is 16.2. The molecule has 0 radical (unpaired) electrons. The number of carbonyl (C=O) groups excluding carboxylic acids is 1. The van der Waals surface area contributed by atoms with Crippen molar-refractivity contribution < 1.29 is 4.79 Å². The van der Waals surface area contributed by atoms with Gasteiger partial charge in [-0.3, -0.25) is 4.79 Å². The number of rotatable bonds is 3. The lowest BCUT2D eigenvalue weighted by Gasteiger charge is -2.35. The summed E-state index contributed by atoms with van der Waals surface area (Å²) in [7, 11) is 0. The van der Waals surface area contributed by atoms with E-state index in [2.05, 4.69) is 37.4 Å². The Kier molecular flexibility index (Phi) is 4.18. The van der Waals surface area contributed by atoms with Crippen LogP contribution in [0.4, 0.5) is 11.4 Å². The fourth-order valence-corrected chi connectivity index (χ4v) is 3.68. The van der Waals surface area contributed by atoms with Gasteiger partial charge in [-0.1, -0.05) is 32.8 Å². The zero-order valence-electron chi connectivity index (χ0n) is 13.1. The summed E-state index contributed by atoms with van der Waals surface area (Å²) < 4.78 is 0. The predicted octanol–water partition coefficient (Wildman–Crippen LogP) is 4.05. The van der Waals surface area contributed by atoms with Gasteiger partial charge in [-0.15, -0.1) is 0 Å². The van der Waals surface area contributed by atoms with E-state index in [-0.39, 0.29) is 5.91 Å². The van der Waals surface area contributed by atoms with Crippen molar-refractivity contribution in [2.24, 2.45) is 11.8 Å². The molecule has 0 spiro atoms. The van der Waals surface area contributed by atoms with E-state index in [4.69, 9.17) is 0 Å². The monoisotopic (exact) mass is 286 g/mol. The van der Waals surface area contributed by atoms with E-state index in [1.807, 2.05) is 11.0 Å². The van der Waals surface area contributed by atoms with Gasteiger partial charge in [0, 0.05) is 30.4 Å². The van der Waals surface area contributed by atoms with E-state index in [0.717, 1.165) is 30.3 Å². The number of amides is 1. The Bertz CT molecular complexity index is 514. The van der Waals surface area contributed by atoms with Gasteiger partial charge in [0.25, 0.3) is 0 Å². The van der Waals surface area contributed by atoms with Crippen LogP contribution in [0.3, 0.4) is 0 Å². The number of anilines is 2. The van der Waals surface area contributed by atoms with Crippen LogP contribution in [-0.2, 0) is 4.79 Å². The molecule has 0 bridgehead atoms. The van der Waals surface area contributed by atoms with Crippen LogP contribution in [0, 0.1) is 11.8 Å². The minimum absolute atomic E-state index is 0.256. The standard InChI is InChI=1S/C18H26N2O/c1-13-6-3-9-17(14(13)2)19-15-7-4-8-16(12-15)20-11-5-10-18(20)21/h4,7-8,12-14,17,19H,3,5-6,9-11H2,1-2H3. The average molecular weight is 286 g/mol. The third-order valence-electron chi connectivity index (χ3n) is 5.29. The molecule has 21 heavy (non-hydrogen) atoms. The third-order valence-corrected chi connectivity index (χ3v) is 5.29. The summed E-state index contributed by atoms with van der Waals surface area (Å²) in [6, 6.07) is 8.91. The second-order valence-corrected chi connectivity index (χ2v) is 6.72. The van der Waals surface area contributed by atoms with Gasteiger partial charge < -0.3 is 10.2 Å². The summed E-state index contributed by atoms with van der Waals surface area (Å²) in [6.45, 7) is 5.58. The maximum absolute atomic E-state index is 11.9. The first-order valence-corrected chi connectivity index (χ1v) is 8.32. The van der Waals surface area contributed by atoms with Crippen LogP contribution >= 0.6 is 0 Å². The summed E-state index contributed by atoms with van der Waals surface area (Å²) in [5.41, 5.74) is 2.19. The van der Waals surface area contributed by atoms with Crippen LogP contribution in [-0.4, -0.2) is 18.5 Å². The average Bonchev–Trinajstić information content (AvgIpc) is 2.90. The molecular weight excluding hydrogens is 260 g/mol. The molecular formula is C18H26N2O. The topological polar surface area (TPSA) is 32.3 Å². The Morgan fingerprint density at radius 2 is 2.05 bits per heavy atom. The Morgan fingerprint density at radius 3 is 2.81 bits per heavy atom. The Hall–Kier alpha value is -1.51. The van der Waals surface area contributed by atoms with E-state index in [1.165, 1.54) is 19.3 Å². The van der Waals surface area contributed by atoms with Crippen molar-refractivity contribution in [1.82, 2.24) is 0 Å². The van der Waals surface area contributed by atoms with Gasteiger partial charge in [0.2, 0.25) is 5.91 Å². The molecule has 1 aliphatic carbocycles. The zero-order valence-corrected chi connectivity index (χ0v) is 13.1. The lowest BCUT2D eigenvalue weighted by atomic mass is 9.78. The molecule has 1 saturated carbocycles. The Morgan fingerprint density at radius 1 is 1.19 bits per heavy atom. The van der Waals surface area contributed by atoms with Crippen molar-refractivity contribution in [1.29, 1.82) is 0 Å². The fraction of sp³-hybridized carbons (Fsp3) is 0.611. The van der Waals surface area contributed by atoms with E-state index in [9.17, 15) is 4.79 Å². The quantitative estimate of drug-likeness (QED) is 0.909. The van der Waals surface area contributed by atoms with Gasteiger partial charge in [-0.05, 0) is 42.9 Å². The zero-order chi connectivity index (χ0) is 14.8. The number of nitrogens with one attached hydrogen (secondary N) is 1. The SMILES string of the molecule is CC1CCCC(Nc2cccc(N3CCCC3=O)c2)C1C. The molecule has 3 atom stereocenters. The number of hydrogen-bond acceptors (Lipinski definition) is 2. The van der Waals surface area contributed by atoms with Gasteiger partial charge in [0.1, 0.15) is 0 Å². The molecule has 2 aliphatic rings. The molecule has 3 unspecified atom stereocenters. The van der Waals surface area contributed by atoms with Crippen LogP contribution < -0.4 is 10.2 Å². The van der Waals surface area contributed by atoms with E-state index in [0.29, 0.717) is 18.4 Å². The highest BCUT2D eigenvalue weighted by Gasteiger charge is 2.27. The highest BCUT2D eigenvalue weighted by Crippen LogP contribution is 2.32. The van der Waals surface area contributed by atoms with Gasteiger partial charge in [-0.2, -0.15) is 0 Å². The number of hydrogen-bond donors (Lipinski definition) is 1. The first kappa shape index (κ1) is 14.4. The van der Waals surface area contributed by atoms with Crippen molar-refractivity contribution in [3.8, 4) is 0 Å². The first-order chi connectivity index (χ1) is 10.1. The van der Waals surface area contributed by atoms with Crippen LogP contribution in [0.25, 0.3) is 0 Å². The maximum atomic E-state index is 11.9. The molecule has 0 aromatic heterocycles. The third kappa shape index (κ3) is 3.07. The van der Waals surface area contributed by atoms with E-state index >= 15 is 0 Å². The lowest BCUT2D eigenvalue weighted by Crippen LogP contribution is -2.35. The summed E-state index contributed by atoms with van der Waals surface area (Å²) in [5.74, 6) is 1.75. The fourth-order valence-electron chi connectivity index (χ4n) is 3.68. The van der Waals surface area contributed by atoms with Crippen molar-refractivity contribution in [2.75, 3.05) is 16.8 Å². The first-order valence-electron chi connectivity index (χ1n) is 8.32. The molecule has 2 fully saturated rings. The van der Waals surface area contributed by atoms with Gasteiger partial charge in [-0.25, -0.2) is 0 Å². The molecule has 1 aromatic carbocycles. The minimum atomic E-state index is 0.256. The maximum Gasteiger partial charge on any atom is 0.227 e. The smallest absolute Gasteiger partial charge is 0.227 e. The normalized spacial score (nSPS) is 29.7. The van der Waals surface area contributed by atoms with Crippen LogP contribution in [0.2, 0.25) is 0 Å². The molecule has 1 saturated heterocycles. The number of carbonyl (C=O) groups is 1. The van der Waals surface area contributed by atoms with Crippen molar-refractivity contribution in [2.45, 2.75) is 52.0 Å². The van der Waals surface area contributed by atoms with Crippen LogP contribution in [0.1, 0.15) is 46.0 Å². The van der Waals surface area contributed by atoms with Crippen LogP contribution in [0.15, 0.2) is 24.3 Å². The molecule has 114 valence electrons. The molecule has 3 rings (SSSR count). The minimum Gasteiger partial charge on any atom is -0.382 e. The van der Waals surface area contributed by atoms with Crippen molar-refractivity contribution in [3.05, 3.63) is 24.3 Å². The number of nitrogens with zero attached hydrogens (tertiary/aromatic N) is 1. The second-order valence-electron chi connectivity index (χ2n) is 6.72. The van der Waals surface area contributed by atoms with Crippen molar-refractivity contribution >= 4 is 17.3 Å². The molecule has 3 heteroatoms. The summed E-state index contributed by atoms with van der Waals surface area (Å²) >= 11 is 0. The van der Waals surface area contributed by atoms with Crippen LogP contribution in [0.5, 0.6) is 0 Å². The highest BCUT2D eigenvalue weighted by molar-refractivity contribution is 5.95. The summed E-state index contributed by atoms with van der Waals surface area (Å²) in [6.07, 6.45) is 5.58. The predicted molar refractivity (Wildman–Crippen MR) is 87.6 cm³/mol. The lowest BCUT2D eigenvalue weighted by molar-refractivity contribution is -0.117. The van der Waals surface area contributed by atoms with E-state index < -0.39 is 0 Å². The van der Waals surface area contributed by atoms with Gasteiger partial charge in [0.05, 0.1) is 0 Å². The number of benzene rings is 1. The van der Waals surface area contributed by atoms with Crippen molar-refractivity contribution in [3.63, 3.8) is 0 Å². The molecule has 1 heterocycles. The largest absolute Gasteiger partial charge is 0.382 e.